The molecule has 0 aromatic heterocycles. The SMILES string of the molecule is Cc1ccc2c(c1)C1(CCC(C)CC1)c1cc(C)c3ccccc3c1-2. The summed E-state index contributed by atoms with van der Waals surface area (Å²) in [6.45, 7) is 6.95. The molecular formula is C25H26. The summed E-state index contributed by atoms with van der Waals surface area (Å²) in [5.74, 6) is 0.865. The molecule has 126 valence electrons. The smallest absolute Gasteiger partial charge is 0.0215 e. The molecule has 5 rings (SSSR count). The zero-order chi connectivity index (χ0) is 17.2. The second kappa shape index (κ2) is 5.21. The van der Waals surface area contributed by atoms with Crippen LogP contribution < -0.4 is 0 Å². The van der Waals surface area contributed by atoms with Gasteiger partial charge in [0.25, 0.3) is 0 Å². The van der Waals surface area contributed by atoms with Crippen molar-refractivity contribution in [1.29, 1.82) is 0 Å². The third kappa shape index (κ3) is 2.00. The molecule has 0 atom stereocenters. The van der Waals surface area contributed by atoms with Crippen LogP contribution >= 0.6 is 0 Å². The summed E-state index contributed by atoms with van der Waals surface area (Å²) in [6.07, 6.45) is 5.29. The van der Waals surface area contributed by atoms with Gasteiger partial charge in [0.1, 0.15) is 0 Å². The highest BCUT2D eigenvalue weighted by Crippen LogP contribution is 2.58. The predicted octanol–water partition coefficient (Wildman–Crippen LogP) is 6.93. The molecule has 2 aliphatic rings. The molecule has 1 saturated carbocycles. The number of fused-ring (bicyclic) bond motifs is 7. The van der Waals surface area contributed by atoms with Crippen molar-refractivity contribution in [3.05, 3.63) is 70.8 Å². The molecule has 0 nitrogen and oxygen atoms in total. The summed E-state index contributed by atoms with van der Waals surface area (Å²) in [4.78, 5) is 0. The number of aryl methyl sites for hydroxylation is 2. The lowest BCUT2D eigenvalue weighted by Crippen LogP contribution is -2.30. The van der Waals surface area contributed by atoms with E-state index in [1.807, 2.05) is 0 Å². The van der Waals surface area contributed by atoms with Crippen LogP contribution in [0.3, 0.4) is 0 Å². The normalized spacial score (nSPS) is 24.5. The van der Waals surface area contributed by atoms with E-state index < -0.39 is 0 Å². The average molecular weight is 326 g/mol. The van der Waals surface area contributed by atoms with Crippen LogP contribution in [0.5, 0.6) is 0 Å². The topological polar surface area (TPSA) is 0 Å². The van der Waals surface area contributed by atoms with Gasteiger partial charge in [0.2, 0.25) is 0 Å². The van der Waals surface area contributed by atoms with Gasteiger partial charge in [0.15, 0.2) is 0 Å². The fourth-order valence-corrected chi connectivity index (χ4v) is 5.43. The van der Waals surface area contributed by atoms with Gasteiger partial charge >= 0.3 is 0 Å². The Labute approximate surface area is 150 Å². The number of rotatable bonds is 0. The maximum atomic E-state index is 2.52. The summed E-state index contributed by atoms with van der Waals surface area (Å²) in [6, 6.07) is 18.7. The van der Waals surface area contributed by atoms with E-state index >= 15 is 0 Å². The third-order valence-corrected chi connectivity index (χ3v) is 6.85. The van der Waals surface area contributed by atoms with Gasteiger partial charge in [-0.3, -0.25) is 0 Å². The Morgan fingerprint density at radius 1 is 0.840 bits per heavy atom. The largest absolute Gasteiger partial charge is 0.0625 e. The summed E-state index contributed by atoms with van der Waals surface area (Å²) in [7, 11) is 0. The highest BCUT2D eigenvalue weighted by Gasteiger charge is 2.45. The summed E-state index contributed by atoms with van der Waals surface area (Å²) >= 11 is 0. The summed E-state index contributed by atoms with van der Waals surface area (Å²) in [5, 5.41) is 2.85. The first kappa shape index (κ1) is 15.2. The van der Waals surface area contributed by atoms with E-state index in [-0.39, 0.29) is 5.41 Å². The highest BCUT2D eigenvalue weighted by molar-refractivity contribution is 6.04. The molecule has 0 N–H and O–H groups in total. The van der Waals surface area contributed by atoms with Gasteiger partial charge in [0.05, 0.1) is 0 Å². The fourth-order valence-electron chi connectivity index (χ4n) is 5.43. The Balaban J connectivity index is 1.89. The van der Waals surface area contributed by atoms with Crippen LogP contribution in [-0.2, 0) is 5.41 Å². The van der Waals surface area contributed by atoms with E-state index in [2.05, 4.69) is 69.3 Å². The molecule has 0 heteroatoms. The quantitative estimate of drug-likeness (QED) is 0.420. The Bertz CT molecular complexity index is 984. The van der Waals surface area contributed by atoms with Crippen molar-refractivity contribution >= 4 is 10.8 Å². The van der Waals surface area contributed by atoms with Gasteiger partial charge in [0, 0.05) is 5.41 Å². The van der Waals surface area contributed by atoms with E-state index in [4.69, 9.17) is 0 Å². The van der Waals surface area contributed by atoms with E-state index in [9.17, 15) is 0 Å². The molecule has 0 amide bonds. The molecule has 0 radical (unpaired) electrons. The zero-order valence-electron chi connectivity index (χ0n) is 15.5. The second-order valence-corrected chi connectivity index (χ2v) is 8.48. The number of hydrogen-bond acceptors (Lipinski definition) is 0. The minimum absolute atomic E-state index is 0.248. The first-order valence-electron chi connectivity index (χ1n) is 9.74. The van der Waals surface area contributed by atoms with Crippen LogP contribution in [0.4, 0.5) is 0 Å². The highest BCUT2D eigenvalue weighted by atomic mass is 14.5. The van der Waals surface area contributed by atoms with Crippen LogP contribution in [0, 0.1) is 19.8 Å². The Morgan fingerprint density at radius 3 is 2.32 bits per heavy atom. The van der Waals surface area contributed by atoms with Gasteiger partial charge < -0.3 is 0 Å². The maximum Gasteiger partial charge on any atom is 0.0215 e. The minimum Gasteiger partial charge on any atom is -0.0625 e. The number of benzene rings is 3. The van der Waals surface area contributed by atoms with E-state index in [0.717, 1.165) is 5.92 Å². The minimum atomic E-state index is 0.248. The van der Waals surface area contributed by atoms with Crippen LogP contribution in [-0.4, -0.2) is 0 Å². The Hall–Kier alpha value is -2.08. The van der Waals surface area contributed by atoms with Crippen molar-refractivity contribution in [3.8, 4) is 11.1 Å². The molecule has 3 aromatic carbocycles. The molecule has 25 heavy (non-hydrogen) atoms. The van der Waals surface area contributed by atoms with Gasteiger partial charge in [-0.1, -0.05) is 61.0 Å². The van der Waals surface area contributed by atoms with E-state index in [1.165, 1.54) is 58.7 Å². The monoisotopic (exact) mass is 326 g/mol. The van der Waals surface area contributed by atoms with Crippen LogP contribution in [0.2, 0.25) is 0 Å². The second-order valence-electron chi connectivity index (χ2n) is 8.48. The molecule has 0 saturated heterocycles. The molecule has 0 unspecified atom stereocenters. The van der Waals surface area contributed by atoms with Gasteiger partial charge in [-0.05, 0) is 84.0 Å². The zero-order valence-corrected chi connectivity index (χ0v) is 15.5. The van der Waals surface area contributed by atoms with E-state index in [1.54, 1.807) is 11.1 Å². The predicted molar refractivity (Wildman–Crippen MR) is 107 cm³/mol. The molecule has 3 aromatic rings. The van der Waals surface area contributed by atoms with Crippen molar-refractivity contribution < 1.29 is 0 Å². The number of hydrogen-bond donors (Lipinski definition) is 0. The first-order chi connectivity index (χ1) is 12.1. The molecular weight excluding hydrogens is 300 g/mol. The van der Waals surface area contributed by atoms with Crippen molar-refractivity contribution in [2.75, 3.05) is 0 Å². The van der Waals surface area contributed by atoms with Gasteiger partial charge in [-0.15, -0.1) is 0 Å². The summed E-state index contributed by atoms with van der Waals surface area (Å²) < 4.78 is 0. The van der Waals surface area contributed by atoms with Crippen molar-refractivity contribution in [3.63, 3.8) is 0 Å². The maximum absolute atomic E-state index is 2.52. The standard InChI is InChI=1S/C25H26/c1-16-10-12-25(13-11-16)22-14-17(2)8-9-21(22)24-20-7-5-4-6-19(20)18(3)15-23(24)25/h4-9,14-16H,10-13H2,1-3H3. The first-order valence-corrected chi connectivity index (χ1v) is 9.74. The average Bonchev–Trinajstić information content (AvgIpc) is 2.88. The molecule has 1 spiro atoms. The fraction of sp³-hybridized carbons (Fsp3) is 0.360. The van der Waals surface area contributed by atoms with Crippen LogP contribution in [0.25, 0.3) is 21.9 Å². The lowest BCUT2D eigenvalue weighted by molar-refractivity contribution is 0.285. The van der Waals surface area contributed by atoms with Crippen LogP contribution in [0.1, 0.15) is 54.9 Å². The van der Waals surface area contributed by atoms with Crippen molar-refractivity contribution in [1.82, 2.24) is 0 Å². The molecule has 0 bridgehead atoms. The van der Waals surface area contributed by atoms with E-state index in [0.29, 0.717) is 0 Å². The van der Waals surface area contributed by atoms with Gasteiger partial charge in [-0.25, -0.2) is 0 Å². The molecule has 2 aliphatic carbocycles. The molecule has 0 aliphatic heterocycles. The van der Waals surface area contributed by atoms with Gasteiger partial charge in [-0.2, -0.15) is 0 Å². The Kier molecular flexibility index (Phi) is 3.17. The lowest BCUT2D eigenvalue weighted by Gasteiger charge is -2.38. The van der Waals surface area contributed by atoms with Crippen molar-refractivity contribution in [2.45, 2.75) is 51.9 Å². The Morgan fingerprint density at radius 2 is 1.56 bits per heavy atom. The third-order valence-electron chi connectivity index (χ3n) is 6.85. The molecule has 1 fully saturated rings. The molecule has 0 heterocycles. The lowest BCUT2D eigenvalue weighted by atomic mass is 9.65. The summed E-state index contributed by atoms with van der Waals surface area (Å²) in [5.41, 5.74) is 9.29. The van der Waals surface area contributed by atoms with Crippen LogP contribution in [0.15, 0.2) is 48.5 Å². The van der Waals surface area contributed by atoms with Crippen molar-refractivity contribution in [2.24, 2.45) is 5.92 Å².